The van der Waals surface area contributed by atoms with Crippen molar-refractivity contribution in [2.75, 3.05) is 6.54 Å². The zero-order valence-corrected chi connectivity index (χ0v) is 19.7. The molecule has 0 aliphatic carbocycles. The van der Waals surface area contributed by atoms with Crippen LogP contribution < -0.4 is 10.6 Å². The Morgan fingerprint density at radius 2 is 1.71 bits per heavy atom. The van der Waals surface area contributed by atoms with E-state index in [4.69, 9.17) is 4.74 Å². The van der Waals surface area contributed by atoms with E-state index >= 15 is 0 Å². The van der Waals surface area contributed by atoms with Crippen LogP contribution in [-0.2, 0) is 38.6 Å². The molecule has 1 aliphatic rings. The number of rotatable bonds is 7. The zero-order valence-electron chi connectivity index (χ0n) is 19.7. The fraction of sp³-hybridized carbons (Fsp3) is 0.407. The van der Waals surface area contributed by atoms with Gasteiger partial charge in [0.05, 0.1) is 6.04 Å². The van der Waals surface area contributed by atoms with Crippen molar-refractivity contribution < 1.29 is 23.9 Å². The lowest BCUT2D eigenvalue weighted by Gasteiger charge is -2.24. The molecule has 7 nitrogen and oxygen atoms in total. The normalized spacial score (nSPS) is 17.3. The minimum atomic E-state index is -0.829. The molecular formula is C27H32N2O5. The molecule has 2 amide bonds. The van der Waals surface area contributed by atoms with E-state index in [0.29, 0.717) is 13.0 Å². The predicted molar refractivity (Wildman–Crippen MR) is 128 cm³/mol. The van der Waals surface area contributed by atoms with E-state index in [2.05, 4.69) is 10.6 Å². The molecule has 34 heavy (non-hydrogen) atoms. The van der Waals surface area contributed by atoms with E-state index in [-0.39, 0.29) is 24.7 Å². The van der Waals surface area contributed by atoms with Crippen LogP contribution in [0.4, 0.5) is 4.79 Å². The van der Waals surface area contributed by atoms with Gasteiger partial charge in [-0.15, -0.1) is 0 Å². The van der Waals surface area contributed by atoms with Crippen LogP contribution in [0.2, 0.25) is 0 Å². The lowest BCUT2D eigenvalue weighted by molar-refractivity contribution is -0.141. The molecule has 1 aliphatic heterocycles. The average molecular weight is 465 g/mol. The molecule has 7 heteroatoms. The molecule has 2 N–H and O–H groups in total. The maximum atomic E-state index is 13.2. The van der Waals surface area contributed by atoms with Crippen molar-refractivity contribution in [1.29, 1.82) is 0 Å². The minimum Gasteiger partial charge on any atom is -0.445 e. The van der Waals surface area contributed by atoms with E-state index in [1.165, 1.54) is 0 Å². The molecular weight excluding hydrogens is 432 g/mol. The van der Waals surface area contributed by atoms with Crippen molar-refractivity contribution in [3.63, 3.8) is 0 Å². The van der Waals surface area contributed by atoms with Crippen molar-refractivity contribution >= 4 is 23.6 Å². The number of fused-ring (bicyclic) bond motifs is 1. The zero-order chi connectivity index (χ0) is 24.5. The van der Waals surface area contributed by atoms with Crippen molar-refractivity contribution in [2.45, 2.75) is 52.2 Å². The summed E-state index contributed by atoms with van der Waals surface area (Å²) in [6, 6.07) is 16.2. The SMILES string of the molecule is CC(C)C(NC(=O)OCc1ccccc1)C(=O)CC1Cc2ccccc2CCCNC(=O)C1=O. The van der Waals surface area contributed by atoms with Crippen LogP contribution in [0.1, 0.15) is 43.4 Å². The molecule has 0 saturated heterocycles. The molecule has 0 radical (unpaired) electrons. The topological polar surface area (TPSA) is 102 Å². The summed E-state index contributed by atoms with van der Waals surface area (Å²) in [6.07, 6.45) is 0.995. The summed E-state index contributed by atoms with van der Waals surface area (Å²) in [5, 5.41) is 5.31. The third kappa shape index (κ3) is 7.01. The maximum Gasteiger partial charge on any atom is 0.408 e. The van der Waals surface area contributed by atoms with E-state index in [1.807, 2.05) is 68.4 Å². The summed E-state index contributed by atoms with van der Waals surface area (Å²) >= 11 is 0. The number of benzene rings is 2. The molecule has 2 unspecified atom stereocenters. The largest absolute Gasteiger partial charge is 0.445 e. The molecule has 2 aromatic carbocycles. The molecule has 0 aromatic heterocycles. The fourth-order valence-corrected chi connectivity index (χ4v) is 4.16. The average Bonchev–Trinajstić information content (AvgIpc) is 2.83. The van der Waals surface area contributed by atoms with E-state index in [9.17, 15) is 19.2 Å². The highest BCUT2D eigenvalue weighted by Crippen LogP contribution is 2.22. The Labute approximate surface area is 200 Å². The minimum absolute atomic E-state index is 0.0870. The van der Waals surface area contributed by atoms with Crippen LogP contribution in [-0.4, -0.2) is 36.2 Å². The van der Waals surface area contributed by atoms with Crippen LogP contribution in [0.25, 0.3) is 0 Å². The van der Waals surface area contributed by atoms with Gasteiger partial charge in [0.1, 0.15) is 6.61 Å². The molecule has 180 valence electrons. The van der Waals surface area contributed by atoms with Crippen LogP contribution >= 0.6 is 0 Å². The van der Waals surface area contributed by atoms with Gasteiger partial charge in [-0.05, 0) is 41.9 Å². The molecule has 0 bridgehead atoms. The first-order valence-electron chi connectivity index (χ1n) is 11.7. The van der Waals surface area contributed by atoms with Crippen LogP contribution in [0.3, 0.4) is 0 Å². The van der Waals surface area contributed by atoms with Gasteiger partial charge in [-0.2, -0.15) is 0 Å². The second-order valence-electron chi connectivity index (χ2n) is 8.99. The predicted octanol–water partition coefficient (Wildman–Crippen LogP) is 3.39. The first-order chi connectivity index (χ1) is 16.3. The van der Waals surface area contributed by atoms with E-state index in [1.54, 1.807) is 0 Å². The summed E-state index contributed by atoms with van der Waals surface area (Å²) in [6.45, 7) is 4.13. The molecule has 2 atom stereocenters. The quantitative estimate of drug-likeness (QED) is 0.612. The Balaban J connectivity index is 1.70. The van der Waals surface area contributed by atoms with E-state index in [0.717, 1.165) is 29.5 Å². The summed E-state index contributed by atoms with van der Waals surface area (Å²) in [4.78, 5) is 50.9. The number of ketones is 2. The Morgan fingerprint density at radius 3 is 2.41 bits per heavy atom. The second kappa shape index (κ2) is 12.1. The van der Waals surface area contributed by atoms with Gasteiger partial charge in [0.15, 0.2) is 5.78 Å². The van der Waals surface area contributed by atoms with Gasteiger partial charge in [0, 0.05) is 18.9 Å². The summed E-state index contributed by atoms with van der Waals surface area (Å²) in [5.41, 5.74) is 2.92. The number of nitrogens with one attached hydrogen (secondary N) is 2. The number of alkyl carbamates (subject to hydrolysis) is 1. The number of ether oxygens (including phenoxy) is 1. The Morgan fingerprint density at radius 1 is 1.03 bits per heavy atom. The number of Topliss-reactive ketones (excluding diaryl/α,β-unsaturated/α-hetero) is 2. The smallest absolute Gasteiger partial charge is 0.408 e. The fourth-order valence-electron chi connectivity index (χ4n) is 4.16. The van der Waals surface area contributed by atoms with Gasteiger partial charge in [-0.3, -0.25) is 14.4 Å². The van der Waals surface area contributed by atoms with Crippen molar-refractivity contribution in [3.05, 3.63) is 71.3 Å². The highest BCUT2D eigenvalue weighted by molar-refractivity contribution is 6.37. The highest BCUT2D eigenvalue weighted by atomic mass is 16.5. The van der Waals surface area contributed by atoms with Crippen LogP contribution in [0.5, 0.6) is 0 Å². The number of carbonyl (C=O) groups is 4. The van der Waals surface area contributed by atoms with E-state index < -0.39 is 29.7 Å². The van der Waals surface area contributed by atoms with Crippen LogP contribution in [0, 0.1) is 11.8 Å². The lowest BCUT2D eigenvalue weighted by Crippen LogP contribution is -2.46. The number of hydrogen-bond donors (Lipinski definition) is 2. The van der Waals surface area contributed by atoms with Crippen molar-refractivity contribution in [2.24, 2.45) is 11.8 Å². The number of carbonyl (C=O) groups excluding carboxylic acids is 4. The van der Waals surface area contributed by atoms with Gasteiger partial charge < -0.3 is 15.4 Å². The molecule has 1 heterocycles. The number of hydrogen-bond acceptors (Lipinski definition) is 5. The molecule has 0 spiro atoms. The summed E-state index contributed by atoms with van der Waals surface area (Å²) in [5.74, 6) is -2.57. The lowest BCUT2D eigenvalue weighted by atomic mass is 9.84. The highest BCUT2D eigenvalue weighted by Gasteiger charge is 2.33. The second-order valence-corrected chi connectivity index (χ2v) is 8.99. The molecule has 2 aromatic rings. The van der Waals surface area contributed by atoms with Gasteiger partial charge in [0.25, 0.3) is 5.91 Å². The maximum absolute atomic E-state index is 13.2. The van der Waals surface area contributed by atoms with Gasteiger partial charge in [-0.25, -0.2) is 4.79 Å². The van der Waals surface area contributed by atoms with Crippen molar-refractivity contribution in [3.8, 4) is 0 Å². The van der Waals surface area contributed by atoms with Gasteiger partial charge >= 0.3 is 6.09 Å². The number of aryl methyl sites for hydroxylation is 1. The monoisotopic (exact) mass is 464 g/mol. The Hall–Kier alpha value is -3.48. The first kappa shape index (κ1) is 25.1. The third-order valence-electron chi connectivity index (χ3n) is 6.03. The van der Waals surface area contributed by atoms with Gasteiger partial charge in [0.2, 0.25) is 5.78 Å². The molecule has 0 fully saturated rings. The standard InChI is InChI=1S/C27H32N2O5/c1-18(2)24(29-27(33)34-17-19-9-4-3-5-10-19)23(30)16-22-15-21-12-7-6-11-20(21)13-8-14-28-26(32)25(22)31/h3-7,9-12,18,22,24H,8,13-17H2,1-2H3,(H,28,32)(H,29,33). The van der Waals surface area contributed by atoms with Gasteiger partial charge in [-0.1, -0.05) is 68.4 Å². The summed E-state index contributed by atoms with van der Waals surface area (Å²) < 4.78 is 5.27. The van der Waals surface area contributed by atoms with Crippen LogP contribution in [0.15, 0.2) is 54.6 Å². The molecule has 0 saturated carbocycles. The Kier molecular flexibility index (Phi) is 8.96. The molecule has 3 rings (SSSR count). The summed E-state index contributed by atoms with van der Waals surface area (Å²) in [7, 11) is 0. The first-order valence-corrected chi connectivity index (χ1v) is 11.7. The Bertz CT molecular complexity index is 1020. The van der Waals surface area contributed by atoms with Crippen molar-refractivity contribution in [1.82, 2.24) is 10.6 Å². The third-order valence-corrected chi connectivity index (χ3v) is 6.03. The number of amides is 2.